The minimum atomic E-state index is -2.98. The van der Waals surface area contributed by atoms with Gasteiger partial charge in [0.15, 0.2) is 11.5 Å². The number of nitrogens with one attached hydrogen (secondary N) is 1. The van der Waals surface area contributed by atoms with Gasteiger partial charge in [-0.2, -0.15) is 8.78 Å². The summed E-state index contributed by atoms with van der Waals surface area (Å²) in [7, 11) is 1.28. The molecule has 0 spiro atoms. The molecule has 0 atom stereocenters. The van der Waals surface area contributed by atoms with Gasteiger partial charge in [-0.3, -0.25) is 9.59 Å². The van der Waals surface area contributed by atoms with Crippen LogP contribution in [0.4, 0.5) is 8.78 Å². The second-order valence-electron chi connectivity index (χ2n) is 4.66. The van der Waals surface area contributed by atoms with Gasteiger partial charge in [0.1, 0.15) is 0 Å². The number of amides is 2. The Balaban J connectivity index is 1.98. The molecule has 1 heterocycles. The number of rotatable bonds is 6. The largest absolute Gasteiger partial charge is 0.493 e. The average molecular weight is 314 g/mol. The topological polar surface area (TPSA) is 67.9 Å². The van der Waals surface area contributed by atoms with E-state index in [0.29, 0.717) is 13.1 Å². The highest BCUT2D eigenvalue weighted by molar-refractivity contribution is 5.97. The first-order chi connectivity index (χ1) is 10.5. The van der Waals surface area contributed by atoms with Gasteiger partial charge in [0, 0.05) is 18.7 Å². The summed E-state index contributed by atoms with van der Waals surface area (Å²) in [6.45, 7) is -1.66. The minimum absolute atomic E-state index is 0.0158. The number of methoxy groups -OCH3 is 1. The van der Waals surface area contributed by atoms with Crippen LogP contribution in [-0.2, 0) is 4.79 Å². The number of carbonyl (C=O) groups excluding carboxylic acids is 2. The van der Waals surface area contributed by atoms with Crippen molar-refractivity contribution in [3.63, 3.8) is 0 Å². The Morgan fingerprint density at radius 3 is 2.59 bits per heavy atom. The summed E-state index contributed by atoms with van der Waals surface area (Å²) < 4.78 is 33.6. The Bertz CT molecular complexity index is 562. The molecule has 0 aliphatic carbocycles. The van der Waals surface area contributed by atoms with Crippen LogP contribution in [0.15, 0.2) is 18.2 Å². The van der Waals surface area contributed by atoms with E-state index in [1.807, 2.05) is 0 Å². The van der Waals surface area contributed by atoms with Crippen LogP contribution in [0, 0.1) is 0 Å². The minimum Gasteiger partial charge on any atom is -0.493 e. The maximum Gasteiger partial charge on any atom is 0.387 e. The van der Waals surface area contributed by atoms with E-state index < -0.39 is 12.5 Å². The summed E-state index contributed by atoms with van der Waals surface area (Å²) in [5.74, 6) is -0.785. The molecule has 0 radical (unpaired) electrons. The van der Waals surface area contributed by atoms with E-state index >= 15 is 0 Å². The molecule has 1 aromatic rings. The SMILES string of the molecule is COc1cc(C(=O)NCC(=O)N2CCC2)ccc1OC(F)F. The maximum absolute atomic E-state index is 12.2. The molecule has 1 aliphatic rings. The van der Waals surface area contributed by atoms with Gasteiger partial charge >= 0.3 is 6.61 Å². The molecule has 6 nitrogen and oxygen atoms in total. The lowest BCUT2D eigenvalue weighted by atomic mass is 10.2. The van der Waals surface area contributed by atoms with E-state index in [-0.39, 0.29) is 29.5 Å². The molecule has 1 N–H and O–H groups in total. The number of likely N-dealkylation sites (tertiary alicyclic amines) is 1. The highest BCUT2D eigenvalue weighted by Gasteiger charge is 2.21. The molecular formula is C14H16F2N2O4. The molecule has 1 fully saturated rings. The van der Waals surface area contributed by atoms with Crippen molar-refractivity contribution in [2.75, 3.05) is 26.7 Å². The Morgan fingerprint density at radius 2 is 2.05 bits per heavy atom. The van der Waals surface area contributed by atoms with Crippen LogP contribution in [0.25, 0.3) is 0 Å². The van der Waals surface area contributed by atoms with Crippen LogP contribution in [0.1, 0.15) is 16.8 Å². The fourth-order valence-corrected chi connectivity index (χ4v) is 1.94. The van der Waals surface area contributed by atoms with Gasteiger partial charge in [0.05, 0.1) is 13.7 Å². The van der Waals surface area contributed by atoms with Gasteiger partial charge in [-0.15, -0.1) is 0 Å². The quantitative estimate of drug-likeness (QED) is 0.858. The molecule has 2 amide bonds. The van der Waals surface area contributed by atoms with Crippen LogP contribution in [0.2, 0.25) is 0 Å². The summed E-state index contributed by atoms with van der Waals surface area (Å²) in [5, 5.41) is 2.48. The number of halogens is 2. The fraction of sp³-hybridized carbons (Fsp3) is 0.429. The molecule has 8 heteroatoms. The zero-order chi connectivity index (χ0) is 16.1. The summed E-state index contributed by atoms with van der Waals surface area (Å²) in [6, 6.07) is 3.82. The van der Waals surface area contributed by atoms with Gasteiger partial charge < -0.3 is 19.7 Å². The van der Waals surface area contributed by atoms with Crippen molar-refractivity contribution in [1.29, 1.82) is 0 Å². The molecule has 2 rings (SSSR count). The first-order valence-corrected chi connectivity index (χ1v) is 6.70. The Kier molecular flexibility index (Phi) is 5.13. The van der Waals surface area contributed by atoms with Crippen molar-refractivity contribution < 1.29 is 27.8 Å². The standard InChI is InChI=1S/C14H16F2N2O4/c1-21-11-7-9(3-4-10(11)22-14(15)16)13(20)17-8-12(19)18-5-2-6-18/h3-4,7,14H,2,5-6,8H2,1H3,(H,17,20). The molecule has 0 saturated carbocycles. The second kappa shape index (κ2) is 7.06. The van der Waals surface area contributed by atoms with Crippen LogP contribution in [0.5, 0.6) is 11.5 Å². The first-order valence-electron chi connectivity index (χ1n) is 6.70. The summed E-state index contributed by atoms with van der Waals surface area (Å²) in [6.07, 6.45) is 0.975. The van der Waals surface area contributed by atoms with Gasteiger partial charge in [-0.25, -0.2) is 0 Å². The smallest absolute Gasteiger partial charge is 0.387 e. The molecule has 22 heavy (non-hydrogen) atoms. The molecule has 0 bridgehead atoms. The third-order valence-corrected chi connectivity index (χ3v) is 3.25. The van der Waals surface area contributed by atoms with E-state index in [0.717, 1.165) is 6.42 Å². The molecule has 1 saturated heterocycles. The highest BCUT2D eigenvalue weighted by Crippen LogP contribution is 2.29. The Labute approximate surface area is 126 Å². The predicted molar refractivity (Wildman–Crippen MR) is 73.2 cm³/mol. The monoisotopic (exact) mass is 314 g/mol. The third kappa shape index (κ3) is 3.84. The second-order valence-corrected chi connectivity index (χ2v) is 4.66. The number of carbonyl (C=O) groups is 2. The van der Waals surface area contributed by atoms with E-state index in [1.165, 1.54) is 25.3 Å². The summed E-state index contributed by atoms with van der Waals surface area (Å²) in [4.78, 5) is 25.2. The molecule has 0 unspecified atom stereocenters. The number of alkyl halides is 2. The highest BCUT2D eigenvalue weighted by atomic mass is 19.3. The number of hydrogen-bond donors (Lipinski definition) is 1. The van der Waals surface area contributed by atoms with Crippen LogP contribution < -0.4 is 14.8 Å². The lowest BCUT2D eigenvalue weighted by molar-refractivity contribution is -0.133. The lowest BCUT2D eigenvalue weighted by Gasteiger charge is -2.30. The van der Waals surface area contributed by atoms with Gasteiger partial charge in [-0.05, 0) is 24.6 Å². The van der Waals surface area contributed by atoms with Crippen LogP contribution >= 0.6 is 0 Å². The lowest BCUT2D eigenvalue weighted by Crippen LogP contribution is -2.47. The van der Waals surface area contributed by atoms with Crippen molar-refractivity contribution in [2.24, 2.45) is 0 Å². The fourth-order valence-electron chi connectivity index (χ4n) is 1.94. The molecule has 0 aromatic heterocycles. The normalized spacial score (nSPS) is 13.5. The Morgan fingerprint density at radius 1 is 1.32 bits per heavy atom. The zero-order valence-electron chi connectivity index (χ0n) is 12.0. The van der Waals surface area contributed by atoms with Gasteiger partial charge in [0.2, 0.25) is 5.91 Å². The number of ether oxygens (including phenoxy) is 2. The van der Waals surface area contributed by atoms with E-state index in [1.54, 1.807) is 4.90 Å². The first kappa shape index (κ1) is 16.0. The molecule has 120 valence electrons. The van der Waals surface area contributed by atoms with Crippen molar-refractivity contribution in [3.05, 3.63) is 23.8 Å². The van der Waals surface area contributed by atoms with Crippen molar-refractivity contribution in [1.82, 2.24) is 10.2 Å². The maximum atomic E-state index is 12.2. The van der Waals surface area contributed by atoms with Crippen molar-refractivity contribution in [3.8, 4) is 11.5 Å². The van der Waals surface area contributed by atoms with Gasteiger partial charge in [-0.1, -0.05) is 0 Å². The number of hydrogen-bond acceptors (Lipinski definition) is 4. The van der Waals surface area contributed by atoms with Crippen molar-refractivity contribution in [2.45, 2.75) is 13.0 Å². The number of nitrogens with zero attached hydrogens (tertiary/aromatic N) is 1. The summed E-state index contributed by atoms with van der Waals surface area (Å²) >= 11 is 0. The number of benzene rings is 1. The molecular weight excluding hydrogens is 298 g/mol. The van der Waals surface area contributed by atoms with Crippen LogP contribution in [0.3, 0.4) is 0 Å². The zero-order valence-corrected chi connectivity index (χ0v) is 12.0. The average Bonchev–Trinajstić information content (AvgIpc) is 2.42. The van der Waals surface area contributed by atoms with E-state index in [4.69, 9.17) is 4.74 Å². The third-order valence-electron chi connectivity index (χ3n) is 3.25. The Hall–Kier alpha value is -2.38. The van der Waals surface area contributed by atoms with Crippen molar-refractivity contribution >= 4 is 11.8 Å². The predicted octanol–water partition coefficient (Wildman–Crippen LogP) is 1.26. The van der Waals surface area contributed by atoms with E-state index in [9.17, 15) is 18.4 Å². The molecule has 1 aromatic carbocycles. The molecule has 1 aliphatic heterocycles. The van der Waals surface area contributed by atoms with Gasteiger partial charge in [0.25, 0.3) is 5.91 Å². The van der Waals surface area contributed by atoms with E-state index in [2.05, 4.69) is 10.1 Å². The summed E-state index contributed by atoms with van der Waals surface area (Å²) in [5.41, 5.74) is 0.190. The van der Waals surface area contributed by atoms with Crippen LogP contribution in [-0.4, -0.2) is 50.1 Å².